The molecule has 2 amide bonds. The first-order chi connectivity index (χ1) is 15.9. The van der Waals surface area contributed by atoms with Crippen molar-refractivity contribution in [2.75, 3.05) is 42.5 Å². The first kappa shape index (κ1) is 22.2. The predicted octanol–water partition coefficient (Wildman–Crippen LogP) is 2.70. The van der Waals surface area contributed by atoms with Crippen LogP contribution in [0.4, 0.5) is 21.5 Å². The molecular formula is C23H22FN5O4. The Morgan fingerprint density at radius 3 is 2.52 bits per heavy atom. The van der Waals surface area contributed by atoms with Crippen LogP contribution in [0.25, 0.3) is 0 Å². The van der Waals surface area contributed by atoms with Crippen molar-refractivity contribution in [3.8, 4) is 6.07 Å². The number of nitro groups is 1. The zero-order valence-electron chi connectivity index (χ0n) is 17.8. The van der Waals surface area contributed by atoms with Crippen LogP contribution >= 0.6 is 0 Å². The van der Waals surface area contributed by atoms with E-state index in [1.54, 1.807) is 17.0 Å². The second kappa shape index (κ2) is 9.24. The van der Waals surface area contributed by atoms with E-state index in [0.717, 1.165) is 30.8 Å². The summed E-state index contributed by atoms with van der Waals surface area (Å²) in [5.74, 6) is -1.96. The predicted molar refractivity (Wildman–Crippen MR) is 118 cm³/mol. The second-order valence-corrected chi connectivity index (χ2v) is 8.12. The molecule has 170 valence electrons. The van der Waals surface area contributed by atoms with Gasteiger partial charge in [-0.15, -0.1) is 0 Å². The van der Waals surface area contributed by atoms with E-state index in [2.05, 4.69) is 11.0 Å². The Morgan fingerprint density at radius 2 is 1.82 bits per heavy atom. The first-order valence-corrected chi connectivity index (χ1v) is 10.7. The Kier molecular flexibility index (Phi) is 6.22. The van der Waals surface area contributed by atoms with Crippen molar-refractivity contribution >= 4 is 28.9 Å². The largest absolute Gasteiger partial charge is 0.370 e. The highest BCUT2D eigenvalue weighted by atomic mass is 19.1. The number of carbonyl (C=O) groups excluding carboxylic acids is 2. The molecule has 0 N–H and O–H groups in total. The molecule has 0 saturated carbocycles. The lowest BCUT2D eigenvalue weighted by Gasteiger charge is -2.25. The fraction of sp³-hybridized carbons (Fsp3) is 0.348. The highest BCUT2D eigenvalue weighted by molar-refractivity contribution is 6.00. The van der Waals surface area contributed by atoms with Crippen LogP contribution in [0, 0.1) is 33.2 Å². The number of rotatable bonds is 4. The van der Waals surface area contributed by atoms with Gasteiger partial charge in [-0.05, 0) is 42.8 Å². The lowest BCUT2D eigenvalue weighted by molar-refractivity contribution is -0.387. The Hall–Kier alpha value is -4.00. The zero-order valence-corrected chi connectivity index (χ0v) is 17.8. The monoisotopic (exact) mass is 451 g/mol. The topological polar surface area (TPSA) is 111 Å². The van der Waals surface area contributed by atoms with Crippen molar-refractivity contribution in [2.24, 2.45) is 5.92 Å². The maximum atomic E-state index is 13.7. The van der Waals surface area contributed by atoms with E-state index in [-0.39, 0.29) is 30.5 Å². The van der Waals surface area contributed by atoms with Gasteiger partial charge >= 0.3 is 5.69 Å². The minimum Gasteiger partial charge on any atom is -0.370 e. The van der Waals surface area contributed by atoms with Crippen LogP contribution in [-0.4, -0.2) is 54.4 Å². The van der Waals surface area contributed by atoms with E-state index >= 15 is 0 Å². The summed E-state index contributed by atoms with van der Waals surface area (Å²) < 4.78 is 13.7. The van der Waals surface area contributed by atoms with Gasteiger partial charge in [0.15, 0.2) is 0 Å². The Morgan fingerprint density at radius 1 is 1.09 bits per heavy atom. The van der Waals surface area contributed by atoms with Gasteiger partial charge in [0.2, 0.25) is 17.6 Å². The van der Waals surface area contributed by atoms with Gasteiger partial charge in [0.05, 0.1) is 28.2 Å². The van der Waals surface area contributed by atoms with Gasteiger partial charge in [-0.1, -0.05) is 0 Å². The molecule has 10 heteroatoms. The summed E-state index contributed by atoms with van der Waals surface area (Å²) in [4.78, 5) is 41.1. The van der Waals surface area contributed by atoms with Crippen molar-refractivity contribution in [2.45, 2.75) is 12.8 Å². The number of halogens is 1. The normalized spacial score (nSPS) is 18.7. The van der Waals surface area contributed by atoms with Crippen molar-refractivity contribution in [3.05, 3.63) is 64.0 Å². The van der Waals surface area contributed by atoms with Crippen LogP contribution in [-0.2, 0) is 9.59 Å². The number of hydrogen-bond acceptors (Lipinski definition) is 6. The molecule has 0 bridgehead atoms. The Labute approximate surface area is 189 Å². The van der Waals surface area contributed by atoms with E-state index in [1.165, 1.54) is 11.0 Å². The summed E-state index contributed by atoms with van der Waals surface area (Å²) in [6, 6.07) is 12.7. The molecule has 0 spiro atoms. The fourth-order valence-electron chi connectivity index (χ4n) is 4.33. The van der Waals surface area contributed by atoms with E-state index in [0.29, 0.717) is 25.2 Å². The third-order valence-corrected chi connectivity index (χ3v) is 6.08. The van der Waals surface area contributed by atoms with Gasteiger partial charge < -0.3 is 14.7 Å². The molecule has 2 aliphatic heterocycles. The number of amides is 2. The fourth-order valence-corrected chi connectivity index (χ4v) is 4.33. The Bertz CT molecular complexity index is 1130. The van der Waals surface area contributed by atoms with Crippen molar-refractivity contribution < 1.29 is 18.9 Å². The number of hydrogen-bond donors (Lipinski definition) is 0. The molecule has 9 nitrogen and oxygen atoms in total. The molecule has 2 fully saturated rings. The third-order valence-electron chi connectivity index (χ3n) is 6.08. The SMILES string of the molecule is N#Cc1ccc(N2CCCN(C(=O)C3CC(=O)N(c4ccc(F)c([N+](=O)[O-])c4)C3)CC2)cc1. The summed E-state index contributed by atoms with van der Waals surface area (Å²) in [6.45, 7) is 2.58. The minimum atomic E-state index is -0.973. The number of carbonyl (C=O) groups is 2. The van der Waals surface area contributed by atoms with Gasteiger partial charge in [0, 0.05) is 50.9 Å². The number of nitriles is 1. The van der Waals surface area contributed by atoms with Crippen molar-refractivity contribution in [1.82, 2.24) is 4.90 Å². The number of benzene rings is 2. The van der Waals surface area contributed by atoms with Crippen molar-refractivity contribution in [3.63, 3.8) is 0 Å². The summed E-state index contributed by atoms with van der Waals surface area (Å²) in [6.07, 6.45) is 0.778. The molecule has 2 aromatic carbocycles. The first-order valence-electron chi connectivity index (χ1n) is 10.7. The highest BCUT2D eigenvalue weighted by Gasteiger charge is 2.38. The Balaban J connectivity index is 1.41. The standard InChI is InChI=1S/C23H22FN5O4/c24-20-7-6-19(13-21(20)29(32)33)28-15-17(12-22(28)30)23(31)27-9-1-8-26(10-11-27)18-4-2-16(14-25)3-5-18/h2-7,13,17H,1,8-12,15H2. The molecule has 2 heterocycles. The van der Waals surface area contributed by atoms with Crippen molar-refractivity contribution in [1.29, 1.82) is 5.26 Å². The van der Waals surface area contributed by atoms with Crippen LogP contribution in [0.5, 0.6) is 0 Å². The zero-order chi connectivity index (χ0) is 23.5. The summed E-state index contributed by atoms with van der Waals surface area (Å²) in [5, 5.41) is 20.0. The molecule has 1 unspecified atom stereocenters. The van der Waals surface area contributed by atoms with E-state index in [4.69, 9.17) is 5.26 Å². The van der Waals surface area contributed by atoms with Crippen LogP contribution < -0.4 is 9.80 Å². The summed E-state index contributed by atoms with van der Waals surface area (Å²) in [5.41, 5.74) is 1.09. The smallest absolute Gasteiger partial charge is 0.306 e. The van der Waals surface area contributed by atoms with E-state index in [9.17, 15) is 24.1 Å². The van der Waals surface area contributed by atoms with Crippen LogP contribution in [0.1, 0.15) is 18.4 Å². The van der Waals surface area contributed by atoms with Crippen LogP contribution in [0.2, 0.25) is 0 Å². The molecule has 2 aliphatic rings. The van der Waals surface area contributed by atoms with E-state index < -0.39 is 22.3 Å². The minimum absolute atomic E-state index is 0.0137. The van der Waals surface area contributed by atoms with Gasteiger partial charge in [-0.3, -0.25) is 19.7 Å². The number of anilines is 2. The third kappa shape index (κ3) is 4.62. The molecule has 0 aromatic heterocycles. The average Bonchev–Trinajstić information content (AvgIpc) is 3.04. The summed E-state index contributed by atoms with van der Waals surface area (Å²) >= 11 is 0. The molecule has 2 saturated heterocycles. The molecule has 0 radical (unpaired) electrons. The van der Waals surface area contributed by atoms with Crippen LogP contribution in [0.15, 0.2) is 42.5 Å². The molecule has 1 atom stereocenters. The molecule has 33 heavy (non-hydrogen) atoms. The number of nitro benzene ring substituents is 1. The highest BCUT2D eigenvalue weighted by Crippen LogP contribution is 2.30. The van der Waals surface area contributed by atoms with E-state index in [1.807, 2.05) is 12.1 Å². The lowest BCUT2D eigenvalue weighted by Crippen LogP contribution is -2.40. The maximum Gasteiger partial charge on any atom is 0.306 e. The molecule has 0 aliphatic carbocycles. The van der Waals surface area contributed by atoms with Gasteiger partial charge in [0.25, 0.3) is 0 Å². The quantitative estimate of drug-likeness (QED) is 0.522. The molecule has 4 rings (SSSR count). The summed E-state index contributed by atoms with van der Waals surface area (Å²) in [7, 11) is 0. The molecule has 2 aromatic rings. The van der Waals surface area contributed by atoms with Gasteiger partial charge in [-0.25, -0.2) is 0 Å². The number of nitrogens with zero attached hydrogens (tertiary/aromatic N) is 5. The average molecular weight is 451 g/mol. The molecular weight excluding hydrogens is 429 g/mol. The van der Waals surface area contributed by atoms with Gasteiger partial charge in [0.1, 0.15) is 0 Å². The van der Waals surface area contributed by atoms with Gasteiger partial charge in [-0.2, -0.15) is 9.65 Å². The van der Waals surface area contributed by atoms with Crippen LogP contribution in [0.3, 0.4) is 0 Å². The second-order valence-electron chi connectivity index (χ2n) is 8.12. The lowest BCUT2D eigenvalue weighted by atomic mass is 10.1. The maximum absolute atomic E-state index is 13.7.